The molecule has 0 amide bonds. The first kappa shape index (κ1) is 7.45. The maximum absolute atomic E-state index is 8.28. The summed E-state index contributed by atoms with van der Waals surface area (Å²) in [6, 6.07) is 2.03. The van der Waals surface area contributed by atoms with Gasteiger partial charge in [-0.3, -0.25) is 0 Å². The van der Waals surface area contributed by atoms with Crippen molar-refractivity contribution in [1.82, 2.24) is 0 Å². The first-order valence-electron chi connectivity index (χ1n) is 2.86. The maximum atomic E-state index is 8.28. The molecular weight excluding hydrogens is 102 g/mol. The second-order valence-corrected chi connectivity index (χ2v) is 1.48. The van der Waals surface area contributed by atoms with Gasteiger partial charge in [0.25, 0.3) is 0 Å². The zero-order chi connectivity index (χ0) is 6.41. The highest BCUT2D eigenvalue weighted by Crippen LogP contribution is 1.93. The molecule has 0 bridgehead atoms. The van der Waals surface area contributed by atoms with Gasteiger partial charge < -0.3 is 4.74 Å². The van der Waals surface area contributed by atoms with E-state index in [1.807, 2.05) is 19.9 Å². The smallest absolute Gasteiger partial charge is 0.143 e. The molecule has 0 N–H and O–H groups in total. The largest absolute Gasteiger partial charge is 0.364 e. The van der Waals surface area contributed by atoms with Crippen LogP contribution in [-0.4, -0.2) is 12.7 Å². The Morgan fingerprint density at radius 1 is 1.62 bits per heavy atom. The summed E-state index contributed by atoms with van der Waals surface area (Å²) >= 11 is 0. The lowest BCUT2D eigenvalue weighted by atomic mass is 10.3. The summed E-state index contributed by atoms with van der Waals surface area (Å²) in [7, 11) is 0. The Bertz CT molecular complexity index is 85.0. The van der Waals surface area contributed by atoms with E-state index in [0.29, 0.717) is 6.61 Å². The van der Waals surface area contributed by atoms with Crippen LogP contribution in [0.5, 0.6) is 0 Å². The minimum atomic E-state index is -0.194. The first-order valence-corrected chi connectivity index (χ1v) is 2.86. The van der Waals surface area contributed by atoms with Crippen LogP contribution in [0, 0.1) is 11.3 Å². The molecule has 2 heteroatoms. The highest BCUT2D eigenvalue weighted by molar-refractivity contribution is 4.81. The van der Waals surface area contributed by atoms with Gasteiger partial charge in [0.1, 0.15) is 6.10 Å². The fourth-order valence-electron chi connectivity index (χ4n) is 0.448. The number of nitrogens with zero attached hydrogens (tertiary/aromatic N) is 1. The Morgan fingerprint density at radius 3 is 2.38 bits per heavy atom. The third kappa shape index (κ3) is 2.59. The van der Waals surface area contributed by atoms with Crippen molar-refractivity contribution in [3.05, 3.63) is 0 Å². The van der Waals surface area contributed by atoms with Crippen LogP contribution in [-0.2, 0) is 4.74 Å². The Balaban J connectivity index is 3.26. The number of ether oxygens (including phenoxy) is 1. The predicted octanol–water partition coefficient (Wildman–Crippen LogP) is 1.33. The van der Waals surface area contributed by atoms with Gasteiger partial charge in [-0.2, -0.15) is 5.26 Å². The topological polar surface area (TPSA) is 33.0 Å². The maximum Gasteiger partial charge on any atom is 0.143 e. The Morgan fingerprint density at radius 2 is 2.25 bits per heavy atom. The molecular formula is C6H11NO. The monoisotopic (exact) mass is 113 g/mol. The normalized spacial score (nSPS) is 12.6. The molecule has 0 aromatic rings. The van der Waals surface area contributed by atoms with E-state index < -0.39 is 0 Å². The summed E-state index contributed by atoms with van der Waals surface area (Å²) in [4.78, 5) is 0. The fraction of sp³-hybridized carbons (Fsp3) is 0.833. The van der Waals surface area contributed by atoms with Gasteiger partial charge in [0, 0.05) is 6.61 Å². The molecule has 0 radical (unpaired) electrons. The van der Waals surface area contributed by atoms with E-state index in [-0.39, 0.29) is 6.10 Å². The molecule has 1 atom stereocenters. The Labute approximate surface area is 50.1 Å². The molecule has 0 saturated heterocycles. The zero-order valence-electron chi connectivity index (χ0n) is 5.35. The standard InChI is InChI=1S/C6H11NO/c1-3-6(5-7)8-4-2/h6H,3-4H2,1-2H3/t6-/m1/s1. The summed E-state index contributed by atoms with van der Waals surface area (Å²) in [5.41, 5.74) is 0. The van der Waals surface area contributed by atoms with Crippen LogP contribution in [0.15, 0.2) is 0 Å². The Hall–Kier alpha value is -0.550. The zero-order valence-corrected chi connectivity index (χ0v) is 5.35. The van der Waals surface area contributed by atoms with Crippen molar-refractivity contribution in [3.8, 4) is 6.07 Å². The van der Waals surface area contributed by atoms with Gasteiger partial charge >= 0.3 is 0 Å². The molecule has 46 valence electrons. The van der Waals surface area contributed by atoms with Gasteiger partial charge in [-0.05, 0) is 13.3 Å². The van der Waals surface area contributed by atoms with Crippen LogP contribution in [0.1, 0.15) is 20.3 Å². The molecule has 0 spiro atoms. The number of rotatable bonds is 3. The lowest BCUT2D eigenvalue weighted by molar-refractivity contribution is 0.0989. The third-order valence-electron chi connectivity index (χ3n) is 0.883. The number of nitriles is 1. The van der Waals surface area contributed by atoms with E-state index in [4.69, 9.17) is 10.00 Å². The number of hydrogen-bond donors (Lipinski definition) is 0. The second-order valence-electron chi connectivity index (χ2n) is 1.48. The summed E-state index contributed by atoms with van der Waals surface area (Å²) in [6.07, 6.45) is 0.588. The van der Waals surface area contributed by atoms with Crippen molar-refractivity contribution in [2.75, 3.05) is 6.61 Å². The van der Waals surface area contributed by atoms with Gasteiger partial charge in [-0.15, -0.1) is 0 Å². The van der Waals surface area contributed by atoms with Gasteiger partial charge in [-0.25, -0.2) is 0 Å². The molecule has 0 fully saturated rings. The lowest BCUT2D eigenvalue weighted by Crippen LogP contribution is -2.07. The quantitative estimate of drug-likeness (QED) is 0.553. The fourth-order valence-corrected chi connectivity index (χ4v) is 0.448. The van der Waals surface area contributed by atoms with Gasteiger partial charge in [0.15, 0.2) is 0 Å². The average molecular weight is 113 g/mol. The van der Waals surface area contributed by atoms with E-state index in [0.717, 1.165) is 6.42 Å². The molecule has 0 heterocycles. The summed E-state index contributed by atoms with van der Waals surface area (Å²) in [5.74, 6) is 0. The van der Waals surface area contributed by atoms with E-state index >= 15 is 0 Å². The molecule has 0 aromatic carbocycles. The van der Waals surface area contributed by atoms with Crippen molar-refractivity contribution in [2.45, 2.75) is 26.4 Å². The number of hydrogen-bond acceptors (Lipinski definition) is 2. The minimum absolute atomic E-state index is 0.194. The SMILES string of the molecule is CCO[C@@H](C#N)CC. The lowest BCUT2D eigenvalue weighted by Gasteiger charge is -2.02. The Kier molecular flexibility index (Phi) is 4.29. The molecule has 0 saturated carbocycles. The van der Waals surface area contributed by atoms with Gasteiger partial charge in [0.2, 0.25) is 0 Å². The van der Waals surface area contributed by atoms with Crippen molar-refractivity contribution >= 4 is 0 Å². The predicted molar refractivity (Wildman–Crippen MR) is 31.3 cm³/mol. The highest BCUT2D eigenvalue weighted by Gasteiger charge is 1.99. The average Bonchev–Trinajstić information content (AvgIpc) is 1.83. The van der Waals surface area contributed by atoms with Crippen LogP contribution in [0.2, 0.25) is 0 Å². The summed E-state index contributed by atoms with van der Waals surface area (Å²) < 4.78 is 4.98. The molecule has 2 nitrogen and oxygen atoms in total. The van der Waals surface area contributed by atoms with E-state index in [9.17, 15) is 0 Å². The van der Waals surface area contributed by atoms with Crippen LogP contribution in [0.25, 0.3) is 0 Å². The van der Waals surface area contributed by atoms with Crippen molar-refractivity contribution in [2.24, 2.45) is 0 Å². The molecule has 8 heavy (non-hydrogen) atoms. The summed E-state index contributed by atoms with van der Waals surface area (Å²) in [5, 5.41) is 8.28. The van der Waals surface area contributed by atoms with Crippen molar-refractivity contribution in [1.29, 1.82) is 5.26 Å². The molecule has 0 aliphatic heterocycles. The van der Waals surface area contributed by atoms with E-state index in [2.05, 4.69) is 0 Å². The molecule has 0 aromatic heterocycles. The van der Waals surface area contributed by atoms with Crippen LogP contribution < -0.4 is 0 Å². The molecule has 0 rings (SSSR count). The minimum Gasteiger partial charge on any atom is -0.364 e. The van der Waals surface area contributed by atoms with E-state index in [1.165, 1.54) is 0 Å². The molecule has 0 unspecified atom stereocenters. The van der Waals surface area contributed by atoms with Crippen molar-refractivity contribution < 1.29 is 4.74 Å². The highest BCUT2D eigenvalue weighted by atomic mass is 16.5. The molecule has 0 aliphatic carbocycles. The van der Waals surface area contributed by atoms with Crippen LogP contribution in [0.4, 0.5) is 0 Å². The van der Waals surface area contributed by atoms with Gasteiger partial charge in [-0.1, -0.05) is 6.92 Å². The van der Waals surface area contributed by atoms with E-state index in [1.54, 1.807) is 0 Å². The van der Waals surface area contributed by atoms with Crippen LogP contribution >= 0.6 is 0 Å². The van der Waals surface area contributed by atoms with Crippen molar-refractivity contribution in [3.63, 3.8) is 0 Å². The molecule has 0 aliphatic rings. The van der Waals surface area contributed by atoms with Gasteiger partial charge in [0.05, 0.1) is 6.07 Å². The third-order valence-corrected chi connectivity index (χ3v) is 0.883. The van der Waals surface area contributed by atoms with Crippen LogP contribution in [0.3, 0.4) is 0 Å². The summed E-state index contributed by atoms with van der Waals surface area (Å²) in [6.45, 7) is 4.45. The second kappa shape index (κ2) is 4.61. The first-order chi connectivity index (χ1) is 3.85.